The van der Waals surface area contributed by atoms with E-state index in [0.717, 1.165) is 11.5 Å². The van der Waals surface area contributed by atoms with Crippen LogP contribution in [0.25, 0.3) is 0 Å². The topological polar surface area (TPSA) is 47.6 Å². The molecule has 6 heteroatoms. The predicted octanol–water partition coefficient (Wildman–Crippen LogP) is 4.80. The van der Waals surface area contributed by atoms with Gasteiger partial charge in [0, 0.05) is 12.1 Å². The zero-order valence-electron chi connectivity index (χ0n) is 12.6. The highest BCUT2D eigenvalue weighted by atomic mass is 35.5. The van der Waals surface area contributed by atoms with Crippen molar-refractivity contribution in [2.24, 2.45) is 0 Å². The third-order valence-electron chi connectivity index (χ3n) is 3.08. The van der Waals surface area contributed by atoms with Gasteiger partial charge in [0.2, 0.25) is 5.91 Å². The van der Waals surface area contributed by atoms with Gasteiger partial charge in [-0.3, -0.25) is 4.79 Å². The molecule has 2 aromatic carbocycles. The minimum absolute atomic E-state index is 0.0956. The molecule has 0 aromatic heterocycles. The molecule has 0 heterocycles. The van der Waals surface area contributed by atoms with Crippen molar-refractivity contribution in [3.05, 3.63) is 52.5 Å². The molecule has 0 aliphatic carbocycles. The summed E-state index contributed by atoms with van der Waals surface area (Å²) in [5.41, 5.74) is 0.625. The highest BCUT2D eigenvalue weighted by Crippen LogP contribution is 2.25. The second-order valence-electron chi connectivity index (χ2n) is 4.80. The Labute approximate surface area is 145 Å². The number of anilines is 1. The predicted molar refractivity (Wildman–Crippen MR) is 92.8 cm³/mol. The number of benzene rings is 2. The average Bonchev–Trinajstić information content (AvgIpc) is 2.55. The summed E-state index contributed by atoms with van der Waals surface area (Å²) < 4.78 is 10.6. The van der Waals surface area contributed by atoms with E-state index >= 15 is 0 Å². The van der Waals surface area contributed by atoms with E-state index in [4.69, 9.17) is 32.7 Å². The molecule has 0 spiro atoms. The lowest BCUT2D eigenvalue weighted by molar-refractivity contribution is -0.116. The lowest BCUT2D eigenvalue weighted by Crippen LogP contribution is -2.12. The highest BCUT2D eigenvalue weighted by Gasteiger charge is 2.05. The fourth-order valence-electron chi connectivity index (χ4n) is 1.89. The molecule has 2 aromatic rings. The van der Waals surface area contributed by atoms with Gasteiger partial charge in [0.1, 0.15) is 11.5 Å². The lowest BCUT2D eigenvalue weighted by Gasteiger charge is -2.08. The number of rotatable bonds is 7. The van der Waals surface area contributed by atoms with Crippen molar-refractivity contribution in [3.8, 4) is 11.5 Å². The molecule has 1 amide bonds. The molecule has 0 fully saturated rings. The number of carbonyl (C=O) groups is 1. The first-order valence-corrected chi connectivity index (χ1v) is 7.86. The van der Waals surface area contributed by atoms with Crippen molar-refractivity contribution in [2.75, 3.05) is 19.0 Å². The minimum Gasteiger partial charge on any atom is -0.497 e. The van der Waals surface area contributed by atoms with Crippen molar-refractivity contribution in [1.29, 1.82) is 0 Å². The van der Waals surface area contributed by atoms with Gasteiger partial charge in [-0.25, -0.2) is 0 Å². The maximum absolute atomic E-state index is 11.8. The van der Waals surface area contributed by atoms with Crippen molar-refractivity contribution in [1.82, 2.24) is 0 Å². The van der Waals surface area contributed by atoms with Crippen LogP contribution in [0.4, 0.5) is 5.69 Å². The van der Waals surface area contributed by atoms with E-state index in [-0.39, 0.29) is 5.91 Å². The summed E-state index contributed by atoms with van der Waals surface area (Å²) in [6.07, 6.45) is 0.968. The van der Waals surface area contributed by atoms with E-state index in [0.29, 0.717) is 35.2 Å². The first kappa shape index (κ1) is 17.4. The fraction of sp³-hybridized carbons (Fsp3) is 0.235. The summed E-state index contributed by atoms with van der Waals surface area (Å²) in [5.74, 6) is 1.43. The summed E-state index contributed by atoms with van der Waals surface area (Å²) in [4.78, 5) is 11.8. The van der Waals surface area contributed by atoms with Crippen LogP contribution in [0.5, 0.6) is 11.5 Å². The third-order valence-corrected chi connectivity index (χ3v) is 3.82. The summed E-state index contributed by atoms with van der Waals surface area (Å²) in [6, 6.07) is 12.3. The minimum atomic E-state index is -0.0956. The van der Waals surface area contributed by atoms with Crippen molar-refractivity contribution in [2.45, 2.75) is 12.8 Å². The van der Waals surface area contributed by atoms with E-state index in [1.54, 1.807) is 25.3 Å². The van der Waals surface area contributed by atoms with Gasteiger partial charge in [-0.15, -0.1) is 0 Å². The van der Waals surface area contributed by atoms with E-state index in [9.17, 15) is 4.79 Å². The number of hydrogen-bond donors (Lipinski definition) is 1. The van der Waals surface area contributed by atoms with Crippen molar-refractivity contribution in [3.63, 3.8) is 0 Å². The molecule has 0 atom stereocenters. The van der Waals surface area contributed by atoms with Gasteiger partial charge in [0.25, 0.3) is 0 Å². The summed E-state index contributed by atoms with van der Waals surface area (Å²) in [5, 5.41) is 3.64. The SMILES string of the molecule is COc1ccc(OCCCC(=O)Nc2ccc(Cl)c(Cl)c2)cc1. The van der Waals surface area contributed by atoms with Crippen molar-refractivity contribution < 1.29 is 14.3 Å². The van der Waals surface area contributed by atoms with Gasteiger partial charge < -0.3 is 14.8 Å². The van der Waals surface area contributed by atoms with Crippen LogP contribution in [0.15, 0.2) is 42.5 Å². The normalized spacial score (nSPS) is 10.2. The smallest absolute Gasteiger partial charge is 0.224 e. The molecular formula is C17H17Cl2NO3. The molecule has 23 heavy (non-hydrogen) atoms. The van der Waals surface area contributed by atoms with Crippen molar-refractivity contribution >= 4 is 34.8 Å². The van der Waals surface area contributed by atoms with Gasteiger partial charge in [-0.1, -0.05) is 23.2 Å². The fourth-order valence-corrected chi connectivity index (χ4v) is 2.19. The van der Waals surface area contributed by atoms with Gasteiger partial charge in [0.15, 0.2) is 0 Å². The molecule has 1 N–H and O–H groups in total. The second-order valence-corrected chi connectivity index (χ2v) is 5.62. The molecule has 0 unspecified atom stereocenters. The van der Waals surface area contributed by atoms with E-state index in [2.05, 4.69) is 5.32 Å². The maximum Gasteiger partial charge on any atom is 0.224 e. The van der Waals surface area contributed by atoms with Crippen LogP contribution in [-0.2, 0) is 4.79 Å². The van der Waals surface area contributed by atoms with Gasteiger partial charge in [-0.05, 0) is 48.9 Å². The molecule has 0 bridgehead atoms. The molecule has 4 nitrogen and oxygen atoms in total. The van der Waals surface area contributed by atoms with Crippen LogP contribution in [0.3, 0.4) is 0 Å². The molecule has 2 rings (SSSR count). The third kappa shape index (κ3) is 5.66. The molecule has 0 aliphatic rings. The maximum atomic E-state index is 11.8. The molecule has 0 saturated carbocycles. The average molecular weight is 354 g/mol. The van der Waals surface area contributed by atoms with Crippen LogP contribution >= 0.6 is 23.2 Å². The monoisotopic (exact) mass is 353 g/mol. The van der Waals surface area contributed by atoms with Crippen LogP contribution in [0.2, 0.25) is 10.0 Å². The summed E-state index contributed by atoms with van der Waals surface area (Å²) >= 11 is 11.7. The zero-order chi connectivity index (χ0) is 16.7. The number of methoxy groups -OCH3 is 1. The number of halogens is 2. The Morgan fingerprint density at radius 3 is 2.39 bits per heavy atom. The Morgan fingerprint density at radius 2 is 1.74 bits per heavy atom. The molecule has 0 aliphatic heterocycles. The summed E-state index contributed by atoms with van der Waals surface area (Å²) in [6.45, 7) is 0.459. The van der Waals surface area contributed by atoms with Gasteiger partial charge in [0.05, 0.1) is 23.8 Å². The molecule has 122 valence electrons. The van der Waals surface area contributed by atoms with Crippen LogP contribution in [-0.4, -0.2) is 19.6 Å². The van der Waals surface area contributed by atoms with E-state index in [1.165, 1.54) is 0 Å². The Morgan fingerprint density at radius 1 is 1.04 bits per heavy atom. The van der Waals surface area contributed by atoms with Gasteiger partial charge in [-0.2, -0.15) is 0 Å². The Kier molecular flexibility index (Phi) is 6.56. The first-order chi connectivity index (χ1) is 11.1. The van der Waals surface area contributed by atoms with E-state index < -0.39 is 0 Å². The van der Waals surface area contributed by atoms with Gasteiger partial charge >= 0.3 is 0 Å². The van der Waals surface area contributed by atoms with E-state index in [1.807, 2.05) is 24.3 Å². The first-order valence-electron chi connectivity index (χ1n) is 7.10. The Hall–Kier alpha value is -1.91. The standard InChI is InChI=1S/C17H17Cl2NO3/c1-22-13-5-7-14(8-6-13)23-10-2-3-17(21)20-12-4-9-15(18)16(19)11-12/h4-9,11H,2-3,10H2,1H3,(H,20,21). The number of hydrogen-bond acceptors (Lipinski definition) is 3. The highest BCUT2D eigenvalue weighted by molar-refractivity contribution is 6.42. The Balaban J connectivity index is 1.70. The number of ether oxygens (including phenoxy) is 2. The largest absolute Gasteiger partial charge is 0.497 e. The zero-order valence-corrected chi connectivity index (χ0v) is 14.2. The second kappa shape index (κ2) is 8.65. The lowest BCUT2D eigenvalue weighted by atomic mass is 10.2. The quantitative estimate of drug-likeness (QED) is 0.727. The number of amides is 1. The Bertz CT molecular complexity index is 659. The van der Waals surface area contributed by atoms with Crippen LogP contribution < -0.4 is 14.8 Å². The molecule has 0 radical (unpaired) electrons. The number of carbonyl (C=O) groups excluding carboxylic acids is 1. The molecular weight excluding hydrogens is 337 g/mol. The molecule has 0 saturated heterocycles. The van der Waals surface area contributed by atoms with Crippen LogP contribution in [0.1, 0.15) is 12.8 Å². The summed E-state index contributed by atoms with van der Waals surface area (Å²) in [7, 11) is 1.61. The van der Waals surface area contributed by atoms with Crippen LogP contribution in [0, 0.1) is 0 Å². The number of nitrogens with one attached hydrogen (secondary N) is 1.